The SMILES string of the molecule is CCCCCC(C)(C)CNS(=O)(=O)c1ccccc1F. The molecule has 0 saturated heterocycles. The third-order valence-electron chi connectivity index (χ3n) is 3.32. The van der Waals surface area contributed by atoms with Gasteiger partial charge in [0.25, 0.3) is 0 Å². The predicted molar refractivity (Wildman–Crippen MR) is 79.5 cm³/mol. The van der Waals surface area contributed by atoms with Gasteiger partial charge in [-0.1, -0.05) is 52.2 Å². The van der Waals surface area contributed by atoms with E-state index in [4.69, 9.17) is 0 Å². The minimum Gasteiger partial charge on any atom is -0.211 e. The first-order valence-electron chi connectivity index (χ1n) is 7.03. The van der Waals surface area contributed by atoms with Crippen LogP contribution in [0.5, 0.6) is 0 Å². The van der Waals surface area contributed by atoms with Crippen molar-refractivity contribution in [3.63, 3.8) is 0 Å². The van der Waals surface area contributed by atoms with Gasteiger partial charge >= 0.3 is 0 Å². The average Bonchev–Trinajstić information content (AvgIpc) is 2.37. The Hall–Kier alpha value is -0.940. The number of benzene rings is 1. The van der Waals surface area contributed by atoms with Gasteiger partial charge in [-0.25, -0.2) is 17.5 Å². The normalized spacial score (nSPS) is 12.6. The quantitative estimate of drug-likeness (QED) is 0.744. The highest BCUT2D eigenvalue weighted by atomic mass is 32.2. The van der Waals surface area contributed by atoms with Gasteiger partial charge in [-0.05, 0) is 24.0 Å². The molecule has 0 fully saturated rings. The van der Waals surface area contributed by atoms with Crippen molar-refractivity contribution in [3.8, 4) is 0 Å². The summed E-state index contributed by atoms with van der Waals surface area (Å²) in [5.41, 5.74) is -0.131. The van der Waals surface area contributed by atoms with Gasteiger partial charge in [0.2, 0.25) is 10.0 Å². The molecule has 0 radical (unpaired) electrons. The molecule has 0 spiro atoms. The number of halogens is 1. The van der Waals surface area contributed by atoms with Crippen LogP contribution in [0.4, 0.5) is 4.39 Å². The lowest BCUT2D eigenvalue weighted by atomic mass is 9.87. The van der Waals surface area contributed by atoms with Crippen molar-refractivity contribution in [1.29, 1.82) is 0 Å². The molecule has 114 valence electrons. The molecule has 0 aliphatic carbocycles. The molecule has 1 aromatic carbocycles. The summed E-state index contributed by atoms with van der Waals surface area (Å²) >= 11 is 0. The molecule has 0 saturated carbocycles. The summed E-state index contributed by atoms with van der Waals surface area (Å²) in [7, 11) is -3.78. The number of sulfonamides is 1. The molecule has 3 nitrogen and oxygen atoms in total. The van der Waals surface area contributed by atoms with E-state index in [0.717, 1.165) is 31.7 Å². The molecule has 20 heavy (non-hydrogen) atoms. The third kappa shape index (κ3) is 5.21. The van der Waals surface area contributed by atoms with Crippen molar-refractivity contribution in [2.75, 3.05) is 6.54 Å². The number of unbranched alkanes of at least 4 members (excludes halogenated alkanes) is 2. The average molecular weight is 301 g/mol. The van der Waals surface area contributed by atoms with Crippen molar-refractivity contribution in [2.45, 2.75) is 51.3 Å². The van der Waals surface area contributed by atoms with Crippen LogP contribution in [0.1, 0.15) is 46.5 Å². The van der Waals surface area contributed by atoms with Crippen molar-refractivity contribution in [3.05, 3.63) is 30.1 Å². The van der Waals surface area contributed by atoms with Crippen molar-refractivity contribution in [1.82, 2.24) is 4.72 Å². The summed E-state index contributed by atoms with van der Waals surface area (Å²) in [6.07, 6.45) is 4.30. The third-order valence-corrected chi connectivity index (χ3v) is 4.76. The zero-order valence-electron chi connectivity index (χ0n) is 12.4. The summed E-state index contributed by atoms with van der Waals surface area (Å²) in [5.74, 6) is -0.719. The van der Waals surface area contributed by atoms with E-state index in [2.05, 4.69) is 11.6 Å². The second-order valence-electron chi connectivity index (χ2n) is 5.88. The molecular weight excluding hydrogens is 277 g/mol. The van der Waals surface area contributed by atoms with E-state index in [1.165, 1.54) is 18.2 Å². The second-order valence-corrected chi connectivity index (χ2v) is 7.61. The summed E-state index contributed by atoms with van der Waals surface area (Å²) in [6.45, 7) is 6.49. The highest BCUT2D eigenvalue weighted by Gasteiger charge is 2.23. The molecule has 0 amide bonds. The first-order valence-corrected chi connectivity index (χ1v) is 8.51. The van der Waals surface area contributed by atoms with Crippen LogP contribution < -0.4 is 4.72 Å². The van der Waals surface area contributed by atoms with Gasteiger partial charge in [0.15, 0.2) is 0 Å². The molecule has 0 aliphatic heterocycles. The summed E-state index contributed by atoms with van der Waals surface area (Å²) in [5, 5.41) is 0. The molecule has 1 rings (SSSR count). The van der Waals surface area contributed by atoms with Crippen LogP contribution in [0.3, 0.4) is 0 Å². The first kappa shape index (κ1) is 17.1. The van der Waals surface area contributed by atoms with Crippen LogP contribution in [-0.4, -0.2) is 15.0 Å². The van der Waals surface area contributed by atoms with Crippen molar-refractivity contribution >= 4 is 10.0 Å². The van der Waals surface area contributed by atoms with E-state index in [9.17, 15) is 12.8 Å². The maximum atomic E-state index is 13.5. The van der Waals surface area contributed by atoms with E-state index >= 15 is 0 Å². The Kier molecular flexibility index (Phi) is 6.14. The summed E-state index contributed by atoms with van der Waals surface area (Å²) in [4.78, 5) is -0.288. The van der Waals surface area contributed by atoms with Gasteiger partial charge in [0.05, 0.1) is 0 Å². The monoisotopic (exact) mass is 301 g/mol. The lowest BCUT2D eigenvalue weighted by Crippen LogP contribution is -2.34. The van der Waals surface area contributed by atoms with Crippen LogP contribution in [0.25, 0.3) is 0 Å². The maximum absolute atomic E-state index is 13.5. The fraction of sp³-hybridized carbons (Fsp3) is 0.600. The molecule has 0 aromatic heterocycles. The minimum absolute atomic E-state index is 0.131. The Morgan fingerprint density at radius 2 is 1.85 bits per heavy atom. The fourth-order valence-corrected chi connectivity index (χ4v) is 3.29. The minimum atomic E-state index is -3.78. The highest BCUT2D eigenvalue weighted by Crippen LogP contribution is 2.24. The molecule has 5 heteroatoms. The van der Waals surface area contributed by atoms with E-state index in [1.807, 2.05) is 13.8 Å². The summed E-state index contributed by atoms with van der Waals surface area (Å²) in [6, 6.07) is 5.43. The Morgan fingerprint density at radius 3 is 2.45 bits per heavy atom. The van der Waals surface area contributed by atoms with E-state index in [0.29, 0.717) is 6.54 Å². The lowest BCUT2D eigenvalue weighted by Gasteiger charge is -2.25. The molecule has 0 bridgehead atoms. The largest absolute Gasteiger partial charge is 0.243 e. The molecule has 0 aliphatic rings. The lowest BCUT2D eigenvalue weighted by molar-refractivity contribution is 0.320. The Labute approximate surface area is 121 Å². The van der Waals surface area contributed by atoms with Gasteiger partial charge in [-0.15, -0.1) is 0 Å². The molecule has 0 atom stereocenters. The van der Waals surface area contributed by atoms with E-state index in [1.54, 1.807) is 0 Å². The summed E-state index contributed by atoms with van der Waals surface area (Å²) < 4.78 is 40.2. The number of hydrogen-bond donors (Lipinski definition) is 1. The zero-order valence-corrected chi connectivity index (χ0v) is 13.3. The standard InChI is InChI=1S/C15H24FNO2S/c1-4-5-8-11-15(2,3)12-17-20(18,19)14-10-7-6-9-13(14)16/h6-7,9-10,17H,4-5,8,11-12H2,1-3H3. The zero-order chi connectivity index (χ0) is 15.2. The Bertz CT molecular complexity index is 526. The number of nitrogens with one attached hydrogen (secondary N) is 1. The van der Waals surface area contributed by atoms with E-state index < -0.39 is 15.8 Å². The molecule has 1 N–H and O–H groups in total. The Morgan fingerprint density at radius 1 is 1.20 bits per heavy atom. The van der Waals surface area contributed by atoms with Gasteiger partial charge in [-0.2, -0.15) is 0 Å². The molecule has 0 heterocycles. The number of rotatable bonds is 8. The van der Waals surface area contributed by atoms with Gasteiger partial charge in [-0.3, -0.25) is 0 Å². The Balaban J connectivity index is 2.66. The second kappa shape index (κ2) is 7.18. The predicted octanol–water partition coefficient (Wildman–Crippen LogP) is 3.71. The number of hydrogen-bond acceptors (Lipinski definition) is 2. The molecular formula is C15H24FNO2S. The topological polar surface area (TPSA) is 46.2 Å². The van der Waals surface area contributed by atoms with Gasteiger partial charge in [0.1, 0.15) is 10.7 Å². The fourth-order valence-electron chi connectivity index (χ4n) is 1.97. The van der Waals surface area contributed by atoms with Crippen LogP contribution in [0.2, 0.25) is 0 Å². The van der Waals surface area contributed by atoms with Gasteiger partial charge < -0.3 is 0 Å². The highest BCUT2D eigenvalue weighted by molar-refractivity contribution is 7.89. The maximum Gasteiger partial charge on any atom is 0.243 e. The van der Waals surface area contributed by atoms with Crippen LogP contribution >= 0.6 is 0 Å². The smallest absolute Gasteiger partial charge is 0.211 e. The molecule has 0 unspecified atom stereocenters. The van der Waals surface area contributed by atoms with Gasteiger partial charge in [0, 0.05) is 6.54 Å². The first-order chi connectivity index (χ1) is 9.28. The van der Waals surface area contributed by atoms with Crippen molar-refractivity contribution < 1.29 is 12.8 Å². The van der Waals surface area contributed by atoms with Crippen LogP contribution in [0, 0.1) is 11.2 Å². The van der Waals surface area contributed by atoms with Crippen LogP contribution in [-0.2, 0) is 10.0 Å². The van der Waals surface area contributed by atoms with Crippen LogP contribution in [0.15, 0.2) is 29.2 Å². The van der Waals surface area contributed by atoms with E-state index in [-0.39, 0.29) is 10.3 Å². The molecule has 1 aromatic rings. The van der Waals surface area contributed by atoms with Crippen molar-refractivity contribution in [2.24, 2.45) is 5.41 Å².